The fourth-order valence-corrected chi connectivity index (χ4v) is 4.76. The third kappa shape index (κ3) is 7.17. The van der Waals surface area contributed by atoms with E-state index in [2.05, 4.69) is 30.2 Å². The van der Waals surface area contributed by atoms with Crippen LogP contribution in [0.1, 0.15) is 36.4 Å². The summed E-state index contributed by atoms with van der Waals surface area (Å²) in [5.41, 5.74) is 2.90. The van der Waals surface area contributed by atoms with Crippen LogP contribution < -0.4 is 5.32 Å². The lowest BCUT2D eigenvalue weighted by molar-refractivity contribution is -0.144. The number of nitrogens with zero attached hydrogens (tertiary/aromatic N) is 2. The number of fused-ring (bicyclic) bond motifs is 1. The van der Waals surface area contributed by atoms with Gasteiger partial charge in [0.2, 0.25) is 0 Å². The Hall–Kier alpha value is -2.64. The number of esters is 1. The second kappa shape index (κ2) is 11.5. The number of thiazole rings is 1. The number of halogens is 1. The molecule has 0 spiro atoms. The molecule has 0 aliphatic rings. The summed E-state index contributed by atoms with van der Waals surface area (Å²) in [6.07, 6.45) is 0.832. The first-order valence-corrected chi connectivity index (χ1v) is 12.2. The van der Waals surface area contributed by atoms with Crippen LogP contribution in [0.2, 0.25) is 5.02 Å². The largest absolute Gasteiger partial charge is 0.463 e. The van der Waals surface area contributed by atoms with Gasteiger partial charge in [-0.1, -0.05) is 49.7 Å². The molecular weight excluding hydrogens is 458 g/mol. The van der Waals surface area contributed by atoms with E-state index < -0.39 is 0 Å². The van der Waals surface area contributed by atoms with E-state index in [4.69, 9.17) is 16.3 Å². The number of nitrogens with one attached hydrogen (secondary N) is 1. The van der Waals surface area contributed by atoms with Crippen LogP contribution in [0.3, 0.4) is 0 Å². The topological polar surface area (TPSA) is 71.5 Å². The number of amides is 2. The molecule has 0 aliphatic heterocycles. The van der Waals surface area contributed by atoms with Crippen molar-refractivity contribution in [1.29, 1.82) is 0 Å². The second-order valence-corrected chi connectivity index (χ2v) is 10.1. The molecular formula is C25H30ClN3O3S. The monoisotopic (exact) mass is 487 g/mol. The van der Waals surface area contributed by atoms with Gasteiger partial charge in [-0.3, -0.25) is 4.79 Å². The number of carbonyl (C=O) groups excluding carboxylic acids is 2. The average molecular weight is 488 g/mol. The van der Waals surface area contributed by atoms with Gasteiger partial charge in [0.25, 0.3) is 0 Å². The Kier molecular flexibility index (Phi) is 8.69. The highest BCUT2D eigenvalue weighted by molar-refractivity contribution is 7.18. The highest BCUT2D eigenvalue weighted by Crippen LogP contribution is 2.24. The minimum atomic E-state index is -0.343. The van der Waals surface area contributed by atoms with E-state index in [0.717, 1.165) is 26.4 Å². The van der Waals surface area contributed by atoms with Gasteiger partial charge in [-0.15, -0.1) is 11.3 Å². The van der Waals surface area contributed by atoms with Gasteiger partial charge in [-0.2, -0.15) is 0 Å². The molecule has 2 amide bonds. The zero-order valence-electron chi connectivity index (χ0n) is 19.4. The molecule has 6 nitrogen and oxygen atoms in total. The first-order chi connectivity index (χ1) is 15.7. The summed E-state index contributed by atoms with van der Waals surface area (Å²) < 4.78 is 6.63. The Bertz CT molecular complexity index is 1120. The molecule has 1 N–H and O–H groups in total. The smallest absolute Gasteiger partial charge is 0.317 e. The number of benzene rings is 2. The van der Waals surface area contributed by atoms with Crippen LogP contribution in [0.4, 0.5) is 4.79 Å². The lowest BCUT2D eigenvalue weighted by Crippen LogP contribution is -2.46. The van der Waals surface area contributed by atoms with Crippen molar-refractivity contribution in [3.05, 3.63) is 63.6 Å². The lowest BCUT2D eigenvalue weighted by Gasteiger charge is -2.29. The number of ether oxygens (including phenoxy) is 1. The van der Waals surface area contributed by atoms with E-state index >= 15 is 0 Å². The van der Waals surface area contributed by atoms with Crippen molar-refractivity contribution in [3.8, 4) is 0 Å². The van der Waals surface area contributed by atoms with Gasteiger partial charge in [0.1, 0.15) is 11.6 Å². The molecule has 3 rings (SSSR count). The quantitative estimate of drug-likeness (QED) is 0.399. The molecule has 3 aromatic rings. The summed E-state index contributed by atoms with van der Waals surface area (Å²) in [5, 5.41) is 4.23. The number of carbonyl (C=O) groups is 2. The van der Waals surface area contributed by atoms with E-state index in [0.29, 0.717) is 23.9 Å². The van der Waals surface area contributed by atoms with Gasteiger partial charge >= 0.3 is 12.0 Å². The van der Waals surface area contributed by atoms with Gasteiger partial charge in [0.15, 0.2) is 0 Å². The van der Waals surface area contributed by atoms with Gasteiger partial charge in [-0.05, 0) is 48.6 Å². The lowest BCUT2D eigenvalue weighted by atomic mass is 10.0. The van der Waals surface area contributed by atoms with Crippen molar-refractivity contribution in [2.24, 2.45) is 5.92 Å². The minimum Gasteiger partial charge on any atom is -0.463 e. The van der Waals surface area contributed by atoms with Crippen LogP contribution in [0, 0.1) is 12.8 Å². The number of urea groups is 1. The van der Waals surface area contributed by atoms with Gasteiger partial charge in [0.05, 0.1) is 22.7 Å². The maximum atomic E-state index is 12.7. The number of hydrogen-bond donors (Lipinski definition) is 1. The number of hydrogen-bond acceptors (Lipinski definition) is 5. The van der Waals surface area contributed by atoms with Crippen molar-refractivity contribution in [3.63, 3.8) is 0 Å². The predicted octanol–water partition coefficient (Wildman–Crippen LogP) is 5.60. The SMILES string of the molecule is Cc1ccc2nc(CC(=O)OC[C@H](CC(C)C)N(C)C(=O)NCc3ccccc3Cl)sc2c1. The maximum Gasteiger partial charge on any atom is 0.317 e. The van der Waals surface area contributed by atoms with Crippen LogP contribution in [-0.4, -0.2) is 41.6 Å². The maximum absolute atomic E-state index is 12.7. The van der Waals surface area contributed by atoms with E-state index in [1.165, 1.54) is 11.3 Å². The summed E-state index contributed by atoms with van der Waals surface area (Å²) >= 11 is 7.68. The Morgan fingerprint density at radius 2 is 1.97 bits per heavy atom. The summed E-state index contributed by atoms with van der Waals surface area (Å²) in [6, 6.07) is 13.0. The van der Waals surface area contributed by atoms with Gasteiger partial charge in [-0.25, -0.2) is 9.78 Å². The van der Waals surface area contributed by atoms with Crippen molar-refractivity contribution < 1.29 is 14.3 Å². The molecule has 1 heterocycles. The standard InChI is InChI=1S/C25H30ClN3O3S/c1-16(2)11-19(29(4)25(31)27-14-18-7-5-6-8-20(18)26)15-32-24(30)13-23-28-21-10-9-17(3)12-22(21)33-23/h5-10,12,16,19H,11,13-15H2,1-4H3,(H,27,31)/t19-/m0/s1. The normalized spacial score (nSPS) is 12.1. The van der Waals surface area contributed by atoms with Crippen molar-refractivity contribution >= 4 is 45.2 Å². The first-order valence-electron chi connectivity index (χ1n) is 11.0. The van der Waals surface area contributed by atoms with Crippen molar-refractivity contribution in [1.82, 2.24) is 15.2 Å². The average Bonchev–Trinajstić information content (AvgIpc) is 3.16. The Balaban J connectivity index is 1.56. The predicted molar refractivity (Wildman–Crippen MR) is 134 cm³/mol. The van der Waals surface area contributed by atoms with E-state index in [-0.39, 0.29) is 31.1 Å². The molecule has 0 bridgehead atoms. The molecule has 0 saturated carbocycles. The summed E-state index contributed by atoms with van der Waals surface area (Å²) in [7, 11) is 1.72. The number of rotatable bonds is 9. The van der Waals surface area contributed by atoms with E-state index in [1.807, 2.05) is 37.3 Å². The summed E-state index contributed by atoms with van der Waals surface area (Å²) in [4.78, 5) is 31.4. The van der Waals surface area contributed by atoms with Gasteiger partial charge < -0.3 is 15.0 Å². The first kappa shape index (κ1) is 25.0. The van der Waals surface area contributed by atoms with E-state index in [1.54, 1.807) is 18.0 Å². The molecule has 0 saturated heterocycles. The van der Waals surface area contributed by atoms with Gasteiger partial charge in [0, 0.05) is 18.6 Å². The van der Waals surface area contributed by atoms with Crippen LogP contribution in [0.25, 0.3) is 10.2 Å². The second-order valence-electron chi connectivity index (χ2n) is 8.58. The van der Waals surface area contributed by atoms with Crippen LogP contribution in [0.15, 0.2) is 42.5 Å². The molecule has 0 aliphatic carbocycles. The third-order valence-corrected chi connectivity index (χ3v) is 6.71. The third-order valence-electron chi connectivity index (χ3n) is 5.32. The molecule has 8 heteroatoms. The zero-order valence-corrected chi connectivity index (χ0v) is 21.0. The summed E-state index contributed by atoms with van der Waals surface area (Å²) in [5.74, 6) is -0.00979. The number of likely N-dealkylation sites (N-methyl/N-ethyl adjacent to an activating group) is 1. The molecule has 0 radical (unpaired) electrons. The van der Waals surface area contributed by atoms with E-state index in [9.17, 15) is 9.59 Å². The Morgan fingerprint density at radius 1 is 1.21 bits per heavy atom. The molecule has 33 heavy (non-hydrogen) atoms. The molecule has 1 aromatic heterocycles. The fraction of sp³-hybridized carbons (Fsp3) is 0.400. The minimum absolute atomic E-state index is 0.120. The number of aromatic nitrogens is 1. The van der Waals surface area contributed by atoms with Crippen LogP contribution >= 0.6 is 22.9 Å². The van der Waals surface area contributed by atoms with Crippen molar-refractivity contribution in [2.45, 2.75) is 46.2 Å². The van der Waals surface area contributed by atoms with Crippen LogP contribution in [0.5, 0.6) is 0 Å². The fourth-order valence-electron chi connectivity index (χ4n) is 3.50. The Morgan fingerprint density at radius 3 is 2.70 bits per heavy atom. The highest BCUT2D eigenvalue weighted by atomic mass is 35.5. The molecule has 0 unspecified atom stereocenters. The molecule has 1 atom stereocenters. The molecule has 0 fully saturated rings. The molecule has 176 valence electrons. The van der Waals surface area contributed by atoms with Crippen LogP contribution in [-0.2, 0) is 22.5 Å². The Labute approximate surface area is 203 Å². The number of aryl methyl sites for hydroxylation is 1. The molecule has 2 aromatic carbocycles. The zero-order chi connectivity index (χ0) is 24.0. The van der Waals surface area contributed by atoms with Crippen molar-refractivity contribution in [2.75, 3.05) is 13.7 Å². The summed E-state index contributed by atoms with van der Waals surface area (Å²) in [6.45, 7) is 6.65. The highest BCUT2D eigenvalue weighted by Gasteiger charge is 2.23.